The molecule has 0 aromatic carbocycles. The van der Waals surface area contributed by atoms with Crippen molar-refractivity contribution >= 4 is 5.91 Å². The number of nitrogens with one attached hydrogen (secondary N) is 2. The first-order valence-corrected chi connectivity index (χ1v) is 5.93. The maximum absolute atomic E-state index is 12.0. The molecule has 1 aliphatic rings. The predicted molar refractivity (Wildman–Crippen MR) is 64.8 cm³/mol. The first kappa shape index (κ1) is 14.4. The lowest BCUT2D eigenvalue weighted by Gasteiger charge is -2.31. The van der Waals surface area contributed by atoms with E-state index in [2.05, 4.69) is 17.6 Å². The molecule has 1 aliphatic heterocycles. The van der Waals surface area contributed by atoms with Gasteiger partial charge in [0.25, 0.3) is 0 Å². The summed E-state index contributed by atoms with van der Waals surface area (Å²) in [7, 11) is 3.22. The first-order chi connectivity index (χ1) is 8.04. The highest BCUT2D eigenvalue weighted by molar-refractivity contribution is 5.82. The lowest BCUT2D eigenvalue weighted by Crippen LogP contribution is -2.59. The van der Waals surface area contributed by atoms with E-state index in [9.17, 15) is 9.90 Å². The molecule has 0 bridgehead atoms. The normalized spacial score (nSPS) is 26.6. The molecular formula is C11H23N3O3. The molecule has 3 N–H and O–H groups in total. The number of ether oxygens (including phenoxy) is 1. The number of methoxy groups -OCH3 is 1. The van der Waals surface area contributed by atoms with Gasteiger partial charge in [0.05, 0.1) is 18.8 Å². The average molecular weight is 245 g/mol. The molecule has 100 valence electrons. The smallest absolute Gasteiger partial charge is 0.240 e. The monoisotopic (exact) mass is 245 g/mol. The molecule has 1 rings (SSSR count). The number of likely N-dealkylation sites (N-methyl/N-ethyl adjacent to an activating group) is 1. The molecule has 17 heavy (non-hydrogen) atoms. The van der Waals surface area contributed by atoms with Crippen LogP contribution in [0.2, 0.25) is 0 Å². The molecule has 1 heterocycles. The zero-order valence-corrected chi connectivity index (χ0v) is 10.8. The molecule has 0 saturated carbocycles. The summed E-state index contributed by atoms with van der Waals surface area (Å²) in [4.78, 5) is 13.6. The predicted octanol–water partition coefficient (Wildman–Crippen LogP) is -1.60. The Hall–Kier alpha value is -0.690. The third kappa shape index (κ3) is 4.59. The summed E-state index contributed by atoms with van der Waals surface area (Å²) in [6, 6.07) is 0.189. The van der Waals surface area contributed by atoms with Crippen LogP contribution in [0.4, 0.5) is 0 Å². The number of nitrogens with zero attached hydrogens (tertiary/aromatic N) is 1. The number of hydrogen-bond donors (Lipinski definition) is 3. The molecule has 0 aromatic heterocycles. The van der Waals surface area contributed by atoms with Gasteiger partial charge in [0.1, 0.15) is 0 Å². The summed E-state index contributed by atoms with van der Waals surface area (Å²) in [6.07, 6.45) is -0.635. The number of aliphatic hydroxyl groups excluding tert-OH is 1. The summed E-state index contributed by atoms with van der Waals surface area (Å²) < 4.78 is 4.83. The fourth-order valence-corrected chi connectivity index (χ4v) is 1.87. The van der Waals surface area contributed by atoms with Crippen molar-refractivity contribution in [2.24, 2.45) is 0 Å². The van der Waals surface area contributed by atoms with E-state index in [1.807, 2.05) is 0 Å². The van der Waals surface area contributed by atoms with Crippen molar-refractivity contribution in [3.8, 4) is 0 Å². The minimum Gasteiger partial charge on any atom is -0.389 e. The van der Waals surface area contributed by atoms with Gasteiger partial charge in [0, 0.05) is 39.8 Å². The molecule has 0 spiro atoms. The number of carbonyl (C=O) groups is 1. The zero-order chi connectivity index (χ0) is 12.8. The Bertz CT molecular complexity index is 242. The van der Waals surface area contributed by atoms with Crippen LogP contribution in [0.1, 0.15) is 6.92 Å². The molecule has 6 heteroatoms. The van der Waals surface area contributed by atoms with E-state index < -0.39 is 6.10 Å². The molecule has 1 amide bonds. The average Bonchev–Trinajstić information content (AvgIpc) is 2.29. The van der Waals surface area contributed by atoms with Crippen LogP contribution in [-0.2, 0) is 9.53 Å². The van der Waals surface area contributed by atoms with Crippen molar-refractivity contribution < 1.29 is 14.6 Å². The number of carbonyl (C=O) groups excluding carboxylic acids is 1. The van der Waals surface area contributed by atoms with Crippen molar-refractivity contribution in [3.63, 3.8) is 0 Å². The third-order valence-electron chi connectivity index (χ3n) is 2.86. The van der Waals surface area contributed by atoms with Crippen LogP contribution in [0.15, 0.2) is 0 Å². The topological polar surface area (TPSA) is 73.8 Å². The Kier molecular flexibility index (Phi) is 5.84. The van der Waals surface area contributed by atoms with Crippen LogP contribution < -0.4 is 10.6 Å². The molecule has 3 atom stereocenters. The zero-order valence-electron chi connectivity index (χ0n) is 10.8. The number of piperazine rings is 1. The van der Waals surface area contributed by atoms with Gasteiger partial charge >= 0.3 is 0 Å². The van der Waals surface area contributed by atoms with Gasteiger partial charge in [-0.2, -0.15) is 0 Å². The van der Waals surface area contributed by atoms with Crippen molar-refractivity contribution in [1.29, 1.82) is 0 Å². The fourth-order valence-electron chi connectivity index (χ4n) is 1.87. The van der Waals surface area contributed by atoms with Crippen LogP contribution in [-0.4, -0.2) is 74.5 Å². The van der Waals surface area contributed by atoms with Gasteiger partial charge in [0.2, 0.25) is 5.91 Å². The maximum Gasteiger partial charge on any atom is 0.240 e. The van der Waals surface area contributed by atoms with Gasteiger partial charge in [0.15, 0.2) is 0 Å². The van der Waals surface area contributed by atoms with E-state index in [0.717, 1.165) is 6.54 Å². The van der Waals surface area contributed by atoms with Crippen LogP contribution in [0.25, 0.3) is 0 Å². The van der Waals surface area contributed by atoms with Gasteiger partial charge in [-0.3, -0.25) is 4.79 Å². The van der Waals surface area contributed by atoms with Crippen molar-refractivity contribution in [2.45, 2.75) is 25.1 Å². The second-order valence-corrected chi connectivity index (χ2v) is 4.60. The summed E-state index contributed by atoms with van der Waals surface area (Å²) in [6.45, 7) is 4.01. The summed E-state index contributed by atoms with van der Waals surface area (Å²) in [5.41, 5.74) is 0. The molecular weight excluding hydrogens is 222 g/mol. The number of rotatable bonds is 5. The lowest BCUT2D eigenvalue weighted by molar-refractivity contribution is -0.134. The van der Waals surface area contributed by atoms with Crippen molar-refractivity contribution in [1.82, 2.24) is 15.5 Å². The minimum absolute atomic E-state index is 0.000414. The lowest BCUT2D eigenvalue weighted by atomic mass is 10.1. The minimum atomic E-state index is -0.635. The Morgan fingerprint density at radius 2 is 2.24 bits per heavy atom. The van der Waals surface area contributed by atoms with E-state index in [1.165, 1.54) is 7.11 Å². The van der Waals surface area contributed by atoms with Gasteiger partial charge < -0.3 is 25.4 Å². The Balaban J connectivity index is 2.35. The van der Waals surface area contributed by atoms with E-state index in [4.69, 9.17) is 4.74 Å². The highest BCUT2D eigenvalue weighted by Crippen LogP contribution is 1.99. The van der Waals surface area contributed by atoms with Gasteiger partial charge in [-0.05, 0) is 6.92 Å². The van der Waals surface area contributed by atoms with Crippen molar-refractivity contribution in [2.75, 3.05) is 40.4 Å². The molecule has 1 saturated heterocycles. The summed E-state index contributed by atoms with van der Waals surface area (Å²) >= 11 is 0. The maximum atomic E-state index is 12.0. The Morgan fingerprint density at radius 3 is 2.76 bits per heavy atom. The quantitative estimate of drug-likeness (QED) is 0.544. The largest absolute Gasteiger partial charge is 0.389 e. The highest BCUT2D eigenvalue weighted by atomic mass is 16.5. The fraction of sp³-hybridized carbons (Fsp3) is 0.909. The SMILES string of the molecule is COCC(O)CN(C)C(=O)C1CNC(C)CN1. The Labute approximate surface area is 102 Å². The van der Waals surface area contributed by atoms with Crippen LogP contribution in [0, 0.1) is 0 Å². The van der Waals surface area contributed by atoms with Crippen LogP contribution in [0.3, 0.4) is 0 Å². The highest BCUT2D eigenvalue weighted by Gasteiger charge is 2.26. The number of hydrogen-bond acceptors (Lipinski definition) is 5. The molecule has 0 radical (unpaired) electrons. The van der Waals surface area contributed by atoms with Gasteiger partial charge in [-0.15, -0.1) is 0 Å². The summed E-state index contributed by atoms with van der Waals surface area (Å²) in [5.74, 6) is -0.000414. The van der Waals surface area contributed by atoms with Gasteiger partial charge in [-0.1, -0.05) is 0 Å². The van der Waals surface area contributed by atoms with Crippen molar-refractivity contribution in [3.05, 3.63) is 0 Å². The first-order valence-electron chi connectivity index (χ1n) is 5.93. The molecule has 0 aromatic rings. The van der Waals surface area contributed by atoms with E-state index in [1.54, 1.807) is 11.9 Å². The number of aliphatic hydroxyl groups is 1. The standard InChI is InChI=1S/C11H23N3O3/c1-8-4-13-10(5-12-8)11(16)14(2)6-9(15)7-17-3/h8-10,12-13,15H,4-7H2,1-3H3. The second kappa shape index (κ2) is 6.90. The van der Waals surface area contributed by atoms with Gasteiger partial charge in [-0.25, -0.2) is 0 Å². The molecule has 0 aliphatic carbocycles. The van der Waals surface area contributed by atoms with E-state index in [-0.39, 0.29) is 18.6 Å². The second-order valence-electron chi connectivity index (χ2n) is 4.60. The summed E-state index contributed by atoms with van der Waals surface area (Å²) in [5, 5.41) is 16.0. The van der Waals surface area contributed by atoms with Crippen LogP contribution >= 0.6 is 0 Å². The molecule has 6 nitrogen and oxygen atoms in total. The van der Waals surface area contributed by atoms with Crippen LogP contribution in [0.5, 0.6) is 0 Å². The van der Waals surface area contributed by atoms with E-state index >= 15 is 0 Å². The third-order valence-corrected chi connectivity index (χ3v) is 2.86. The molecule has 3 unspecified atom stereocenters. The Morgan fingerprint density at radius 1 is 1.53 bits per heavy atom. The number of amides is 1. The molecule has 1 fully saturated rings. The van der Waals surface area contributed by atoms with E-state index in [0.29, 0.717) is 19.1 Å².